The van der Waals surface area contributed by atoms with Crippen molar-refractivity contribution in [3.05, 3.63) is 58.7 Å². The van der Waals surface area contributed by atoms with Gasteiger partial charge in [-0.1, -0.05) is 23.2 Å². The average molecular weight is 438 g/mol. The SMILES string of the molecule is O=S(=O)(Nc1cc(Cl)ccc1N1CCOCC1)c1ccc(Cl)c2ncccc12. The molecule has 0 unspecified atom stereocenters. The van der Waals surface area contributed by atoms with E-state index in [2.05, 4.69) is 14.6 Å². The summed E-state index contributed by atoms with van der Waals surface area (Å²) in [6.07, 6.45) is 1.57. The lowest BCUT2D eigenvalue weighted by atomic mass is 10.2. The van der Waals surface area contributed by atoms with Gasteiger partial charge >= 0.3 is 0 Å². The van der Waals surface area contributed by atoms with Crippen molar-refractivity contribution in [3.8, 4) is 0 Å². The summed E-state index contributed by atoms with van der Waals surface area (Å²) in [6, 6.07) is 11.5. The fourth-order valence-electron chi connectivity index (χ4n) is 3.22. The minimum absolute atomic E-state index is 0.105. The molecule has 1 fully saturated rings. The van der Waals surface area contributed by atoms with E-state index in [1.54, 1.807) is 30.5 Å². The van der Waals surface area contributed by atoms with Gasteiger partial charge in [0.1, 0.15) is 0 Å². The quantitative estimate of drug-likeness (QED) is 0.662. The smallest absolute Gasteiger partial charge is 0.262 e. The largest absolute Gasteiger partial charge is 0.378 e. The molecule has 1 aliphatic rings. The molecule has 0 radical (unpaired) electrons. The van der Waals surface area contributed by atoms with E-state index in [1.165, 1.54) is 12.1 Å². The summed E-state index contributed by atoms with van der Waals surface area (Å²) in [5.41, 5.74) is 1.61. The van der Waals surface area contributed by atoms with Crippen molar-refractivity contribution in [2.75, 3.05) is 35.9 Å². The maximum atomic E-state index is 13.2. The molecule has 0 spiro atoms. The molecule has 0 amide bonds. The first-order chi connectivity index (χ1) is 13.5. The predicted molar refractivity (Wildman–Crippen MR) is 112 cm³/mol. The maximum Gasteiger partial charge on any atom is 0.262 e. The van der Waals surface area contributed by atoms with Crippen LogP contribution in [0, 0.1) is 0 Å². The molecule has 0 saturated carbocycles. The van der Waals surface area contributed by atoms with Gasteiger partial charge in [0, 0.05) is 29.7 Å². The van der Waals surface area contributed by atoms with Crippen molar-refractivity contribution in [2.24, 2.45) is 0 Å². The van der Waals surface area contributed by atoms with Gasteiger partial charge in [-0.25, -0.2) is 8.42 Å². The number of hydrogen-bond donors (Lipinski definition) is 1. The van der Waals surface area contributed by atoms with E-state index in [0.717, 1.165) is 5.69 Å². The van der Waals surface area contributed by atoms with E-state index >= 15 is 0 Å². The Bertz CT molecular complexity index is 1130. The Morgan fingerprint density at radius 3 is 2.64 bits per heavy atom. The summed E-state index contributed by atoms with van der Waals surface area (Å²) in [4.78, 5) is 6.37. The van der Waals surface area contributed by atoms with Crippen molar-refractivity contribution in [3.63, 3.8) is 0 Å². The van der Waals surface area contributed by atoms with Crippen LogP contribution in [0.5, 0.6) is 0 Å². The summed E-state index contributed by atoms with van der Waals surface area (Å²) in [6.45, 7) is 2.51. The summed E-state index contributed by atoms with van der Waals surface area (Å²) >= 11 is 12.3. The highest BCUT2D eigenvalue weighted by molar-refractivity contribution is 7.93. The van der Waals surface area contributed by atoms with Gasteiger partial charge in [0.05, 0.1) is 40.0 Å². The topological polar surface area (TPSA) is 71.5 Å². The standard InChI is InChI=1S/C19H17Cl2N3O3S/c20-13-3-5-17(24-8-10-27-11-9-24)16(12-13)23-28(25,26)18-6-4-15(21)19-14(18)2-1-7-22-19/h1-7,12,23H,8-11H2. The van der Waals surface area contributed by atoms with Gasteiger partial charge < -0.3 is 9.64 Å². The van der Waals surface area contributed by atoms with Crippen LogP contribution in [-0.4, -0.2) is 39.7 Å². The van der Waals surface area contributed by atoms with Crippen LogP contribution in [-0.2, 0) is 14.8 Å². The number of benzene rings is 2. The van der Waals surface area contributed by atoms with E-state index in [1.807, 2.05) is 6.07 Å². The highest BCUT2D eigenvalue weighted by Gasteiger charge is 2.22. The third kappa shape index (κ3) is 3.75. The van der Waals surface area contributed by atoms with Gasteiger partial charge in [0.15, 0.2) is 0 Å². The molecule has 146 valence electrons. The van der Waals surface area contributed by atoms with E-state index in [0.29, 0.717) is 52.9 Å². The second kappa shape index (κ2) is 7.75. The fraction of sp³-hybridized carbons (Fsp3) is 0.211. The third-order valence-electron chi connectivity index (χ3n) is 4.52. The van der Waals surface area contributed by atoms with E-state index in [-0.39, 0.29) is 4.90 Å². The summed E-state index contributed by atoms with van der Waals surface area (Å²) in [5.74, 6) is 0. The second-order valence-electron chi connectivity index (χ2n) is 6.31. The first-order valence-electron chi connectivity index (χ1n) is 8.64. The van der Waals surface area contributed by atoms with Gasteiger partial charge in [-0.15, -0.1) is 0 Å². The number of pyridine rings is 1. The lowest BCUT2D eigenvalue weighted by Crippen LogP contribution is -2.36. The summed E-state index contributed by atoms with van der Waals surface area (Å²) in [5, 5.41) is 1.29. The molecule has 1 aromatic heterocycles. The molecule has 1 saturated heterocycles. The molecular weight excluding hydrogens is 421 g/mol. The monoisotopic (exact) mass is 437 g/mol. The molecule has 1 N–H and O–H groups in total. The Balaban J connectivity index is 1.77. The molecule has 6 nitrogen and oxygen atoms in total. The normalized spacial score (nSPS) is 15.0. The number of anilines is 2. The van der Waals surface area contributed by atoms with Crippen molar-refractivity contribution in [2.45, 2.75) is 4.90 Å². The van der Waals surface area contributed by atoms with Crippen LogP contribution in [0.2, 0.25) is 10.0 Å². The molecule has 3 aromatic rings. The molecular formula is C19H17Cl2N3O3S. The first-order valence-corrected chi connectivity index (χ1v) is 10.9. The van der Waals surface area contributed by atoms with Crippen LogP contribution < -0.4 is 9.62 Å². The van der Waals surface area contributed by atoms with Gasteiger partial charge in [-0.05, 0) is 42.5 Å². The minimum Gasteiger partial charge on any atom is -0.378 e. The predicted octanol–water partition coefficient (Wildman–Crippen LogP) is 4.18. The zero-order valence-corrected chi connectivity index (χ0v) is 17.1. The number of sulfonamides is 1. The van der Waals surface area contributed by atoms with Crippen LogP contribution >= 0.6 is 23.2 Å². The highest BCUT2D eigenvalue weighted by atomic mass is 35.5. The molecule has 2 aromatic carbocycles. The van der Waals surface area contributed by atoms with Crippen molar-refractivity contribution in [1.82, 2.24) is 4.98 Å². The number of ether oxygens (including phenoxy) is 1. The number of fused-ring (bicyclic) bond motifs is 1. The number of morpholine rings is 1. The Kier molecular flexibility index (Phi) is 5.33. The van der Waals surface area contributed by atoms with E-state index in [9.17, 15) is 8.42 Å². The number of rotatable bonds is 4. The number of nitrogens with one attached hydrogen (secondary N) is 1. The first kappa shape index (κ1) is 19.3. The Morgan fingerprint density at radius 1 is 1.07 bits per heavy atom. The van der Waals surface area contributed by atoms with Gasteiger partial charge in [0.2, 0.25) is 0 Å². The van der Waals surface area contributed by atoms with Crippen LogP contribution in [0.15, 0.2) is 53.6 Å². The number of nitrogens with zero attached hydrogens (tertiary/aromatic N) is 2. The van der Waals surface area contributed by atoms with Crippen LogP contribution in [0.1, 0.15) is 0 Å². The third-order valence-corrected chi connectivity index (χ3v) is 6.49. The minimum atomic E-state index is -3.90. The molecule has 0 aliphatic carbocycles. The Morgan fingerprint density at radius 2 is 1.86 bits per heavy atom. The van der Waals surface area contributed by atoms with Crippen molar-refractivity contribution in [1.29, 1.82) is 0 Å². The lowest BCUT2D eigenvalue weighted by Gasteiger charge is -2.30. The maximum absolute atomic E-state index is 13.2. The Labute approximate surface area is 173 Å². The molecule has 0 bridgehead atoms. The Hall–Kier alpha value is -2.06. The summed E-state index contributed by atoms with van der Waals surface area (Å²) < 4.78 is 34.5. The van der Waals surface area contributed by atoms with E-state index < -0.39 is 10.0 Å². The number of halogens is 2. The van der Waals surface area contributed by atoms with Crippen molar-refractivity contribution < 1.29 is 13.2 Å². The number of hydrogen-bond acceptors (Lipinski definition) is 5. The van der Waals surface area contributed by atoms with Crippen molar-refractivity contribution >= 4 is 55.5 Å². The molecule has 28 heavy (non-hydrogen) atoms. The average Bonchev–Trinajstić information content (AvgIpc) is 2.69. The van der Waals surface area contributed by atoms with Crippen LogP contribution in [0.25, 0.3) is 10.9 Å². The zero-order valence-electron chi connectivity index (χ0n) is 14.7. The molecule has 9 heteroatoms. The highest BCUT2D eigenvalue weighted by Crippen LogP contribution is 2.34. The summed E-state index contributed by atoms with van der Waals surface area (Å²) in [7, 11) is -3.90. The fourth-order valence-corrected chi connectivity index (χ4v) is 4.87. The molecule has 2 heterocycles. The van der Waals surface area contributed by atoms with Crippen LogP contribution in [0.3, 0.4) is 0 Å². The van der Waals surface area contributed by atoms with E-state index in [4.69, 9.17) is 27.9 Å². The molecule has 0 atom stereocenters. The molecule has 4 rings (SSSR count). The van der Waals surface area contributed by atoms with Gasteiger partial charge in [-0.3, -0.25) is 9.71 Å². The van der Waals surface area contributed by atoms with Gasteiger partial charge in [0.25, 0.3) is 10.0 Å². The second-order valence-corrected chi connectivity index (χ2v) is 8.81. The zero-order chi connectivity index (χ0) is 19.7. The molecule has 1 aliphatic heterocycles. The van der Waals surface area contributed by atoms with Gasteiger partial charge in [-0.2, -0.15) is 0 Å². The van der Waals surface area contributed by atoms with Crippen LogP contribution in [0.4, 0.5) is 11.4 Å². The number of aromatic nitrogens is 1. The lowest BCUT2D eigenvalue weighted by molar-refractivity contribution is 0.123.